The minimum Gasteiger partial charge on any atom is -0.459 e. The molecule has 4 bridgehead atoms. The average molecular weight is 718 g/mol. The summed E-state index contributed by atoms with van der Waals surface area (Å²) in [5.74, 6) is -17.4. The zero-order valence-corrected chi connectivity index (χ0v) is 27.3. The summed E-state index contributed by atoms with van der Waals surface area (Å²) in [6, 6.07) is 14.8. The first kappa shape index (κ1) is 32.3. The molecule has 3 aromatic rings. The number of rotatable bonds is 6. The van der Waals surface area contributed by atoms with Crippen LogP contribution in [0.5, 0.6) is 5.75 Å². The summed E-state index contributed by atoms with van der Waals surface area (Å²) in [7, 11) is -5.74. The number of hydrogen-bond acceptors (Lipinski definition) is 8. The molecule has 0 spiro atoms. The zero-order valence-electron chi connectivity index (χ0n) is 25.7. The predicted octanol–water partition coefficient (Wildman–Crippen LogP) is 4.95. The molecule has 7 atom stereocenters. The Morgan fingerprint density at radius 2 is 1.43 bits per heavy atom. The van der Waals surface area contributed by atoms with Crippen molar-refractivity contribution in [2.24, 2.45) is 17.8 Å². The molecular weight excluding hydrogens is 690 g/mol. The van der Waals surface area contributed by atoms with E-state index in [1.54, 1.807) is 13.8 Å². The van der Waals surface area contributed by atoms with Crippen LogP contribution in [0, 0.1) is 41.0 Å². The predicted molar refractivity (Wildman–Crippen MR) is 164 cm³/mol. The van der Waals surface area contributed by atoms with E-state index in [1.807, 2.05) is 36.4 Å². The number of carbonyl (C=O) groups excluding carboxylic acids is 3. The average Bonchev–Trinajstić information content (AvgIpc) is 3.68. The fourth-order valence-electron chi connectivity index (χ4n) is 8.83. The summed E-state index contributed by atoms with van der Waals surface area (Å²) in [5.41, 5.74) is 4.32. The lowest BCUT2D eigenvalue weighted by atomic mass is 9.59. The molecule has 3 fully saturated rings. The fraction of sp³-hybridized carbons (Fsp3) is 0.382. The normalized spacial score (nSPS) is 30.5. The van der Waals surface area contributed by atoms with Gasteiger partial charge < -0.3 is 14.4 Å². The van der Waals surface area contributed by atoms with Crippen molar-refractivity contribution in [2.75, 3.05) is 0 Å². The van der Waals surface area contributed by atoms with Crippen molar-refractivity contribution >= 4 is 39.7 Å². The molecule has 3 saturated heterocycles. The molecule has 9 nitrogen and oxygen atoms in total. The number of hydrogen-bond donors (Lipinski definition) is 1. The number of amides is 1. The first-order chi connectivity index (χ1) is 23.2. The van der Waals surface area contributed by atoms with E-state index in [9.17, 15) is 40.4 Å². The van der Waals surface area contributed by atoms with E-state index in [4.69, 9.17) is 14.0 Å². The Hall–Kier alpha value is -3.95. The first-order valence-electron chi connectivity index (χ1n) is 15.6. The summed E-state index contributed by atoms with van der Waals surface area (Å²) >= 11 is 1.20. The third-order valence-corrected chi connectivity index (χ3v) is 13.2. The van der Waals surface area contributed by atoms with E-state index in [0.29, 0.717) is 6.42 Å². The Kier molecular flexibility index (Phi) is 7.26. The maximum Gasteiger partial charge on any atom is 0.316 e. The second kappa shape index (κ2) is 11.0. The van der Waals surface area contributed by atoms with Gasteiger partial charge in [0.15, 0.2) is 16.5 Å². The molecule has 1 amide bonds. The monoisotopic (exact) mass is 717 g/mol. The fourth-order valence-corrected chi connectivity index (χ4v) is 11.5. The maximum absolute atomic E-state index is 14.9. The lowest BCUT2D eigenvalue weighted by Gasteiger charge is -2.45. The van der Waals surface area contributed by atoms with E-state index < -0.39 is 102 Å². The molecule has 3 aliphatic heterocycles. The molecule has 3 heterocycles. The Labute approximate surface area is 281 Å². The maximum atomic E-state index is 14.9. The van der Waals surface area contributed by atoms with Gasteiger partial charge in [-0.2, -0.15) is 17.2 Å². The highest BCUT2D eigenvalue weighted by atomic mass is 32.2. The highest BCUT2D eigenvalue weighted by Crippen LogP contribution is 2.61. The van der Waals surface area contributed by atoms with Gasteiger partial charge in [-0.05, 0) is 42.5 Å². The number of likely N-dealkylation sites (tertiary alicyclic amines) is 1. The third-order valence-electron chi connectivity index (χ3n) is 10.6. The number of fused-ring (bicyclic) bond motifs is 2. The Morgan fingerprint density at radius 3 is 1.96 bits per heavy atom. The molecule has 6 aliphatic rings. The van der Waals surface area contributed by atoms with Gasteiger partial charge in [-0.15, -0.1) is 11.8 Å². The number of halogens is 4. The molecule has 9 rings (SSSR count). The summed E-state index contributed by atoms with van der Waals surface area (Å²) in [4.78, 5) is 40.9. The van der Waals surface area contributed by atoms with Crippen LogP contribution >= 0.6 is 11.8 Å². The minimum atomic E-state index is -5.74. The van der Waals surface area contributed by atoms with Crippen LogP contribution in [0.4, 0.5) is 17.6 Å². The number of carbonyl (C=O) groups is 3. The van der Waals surface area contributed by atoms with Crippen LogP contribution < -0.4 is 4.74 Å². The lowest BCUT2D eigenvalue weighted by molar-refractivity contribution is -0.161. The summed E-state index contributed by atoms with van der Waals surface area (Å²) in [6.07, 6.45) is -0.548. The Morgan fingerprint density at radius 1 is 0.878 bits per heavy atom. The molecule has 0 aromatic heterocycles. The number of esters is 2. The van der Waals surface area contributed by atoms with E-state index in [1.165, 1.54) is 16.7 Å². The van der Waals surface area contributed by atoms with Gasteiger partial charge >= 0.3 is 22.1 Å². The quantitative estimate of drug-likeness (QED) is 0.124. The third kappa shape index (κ3) is 4.47. The molecule has 0 radical (unpaired) electrons. The highest BCUT2D eigenvalue weighted by Gasteiger charge is 2.72. The summed E-state index contributed by atoms with van der Waals surface area (Å²) in [6.45, 7) is 3.52. The van der Waals surface area contributed by atoms with Crippen molar-refractivity contribution in [3.05, 3.63) is 94.1 Å². The van der Waals surface area contributed by atoms with Crippen LogP contribution in [0.3, 0.4) is 0 Å². The molecular formula is C34H27F4NO8S2. The van der Waals surface area contributed by atoms with Crippen LogP contribution in [0.2, 0.25) is 0 Å². The largest absolute Gasteiger partial charge is 0.459 e. The van der Waals surface area contributed by atoms with Crippen molar-refractivity contribution in [3.63, 3.8) is 0 Å². The standard InChI is InChI=1S/C34H27F4NO8S2/c1-12(2)39-26-28(47-33(41)18-11-17-13-7-3-5-9-15(13)19(18)16-10-6-4-8-14(16)17)30-21(20(32(39)40)29(26)48-30)34(42)46-27-22(35)24(37)31(49(43,44)45)25(38)23(27)36/h3-10,12,17-21,26,28-30H,11H2,1-2H3,(H,43,44,45). The van der Waals surface area contributed by atoms with Crippen molar-refractivity contribution in [1.29, 1.82) is 0 Å². The number of benzene rings is 3. The molecule has 256 valence electrons. The van der Waals surface area contributed by atoms with Gasteiger partial charge in [0.25, 0.3) is 0 Å². The van der Waals surface area contributed by atoms with Crippen molar-refractivity contribution in [3.8, 4) is 5.75 Å². The zero-order chi connectivity index (χ0) is 34.8. The smallest absolute Gasteiger partial charge is 0.316 e. The van der Waals surface area contributed by atoms with E-state index in [0.717, 1.165) is 22.3 Å². The van der Waals surface area contributed by atoms with Crippen LogP contribution in [0.1, 0.15) is 54.4 Å². The number of nitrogens with zero attached hydrogens (tertiary/aromatic N) is 1. The van der Waals surface area contributed by atoms with Crippen LogP contribution in [-0.2, 0) is 29.2 Å². The summed E-state index contributed by atoms with van der Waals surface area (Å²) < 4.78 is 102. The molecule has 3 aliphatic carbocycles. The Bertz CT molecular complexity index is 2020. The van der Waals surface area contributed by atoms with E-state index >= 15 is 0 Å². The van der Waals surface area contributed by atoms with Crippen LogP contribution in [-0.4, -0.2) is 64.4 Å². The van der Waals surface area contributed by atoms with Gasteiger partial charge in [0, 0.05) is 23.1 Å². The van der Waals surface area contributed by atoms with Gasteiger partial charge in [0.2, 0.25) is 23.3 Å². The van der Waals surface area contributed by atoms with Crippen molar-refractivity contribution < 1.29 is 54.4 Å². The molecule has 15 heteroatoms. The Balaban J connectivity index is 1.12. The van der Waals surface area contributed by atoms with Gasteiger partial charge in [-0.1, -0.05) is 48.5 Å². The lowest BCUT2D eigenvalue weighted by Crippen LogP contribution is -2.52. The molecule has 1 N–H and O–H groups in total. The van der Waals surface area contributed by atoms with Crippen LogP contribution in [0.15, 0.2) is 53.4 Å². The summed E-state index contributed by atoms with van der Waals surface area (Å²) in [5, 5.41) is -1.48. The first-order valence-corrected chi connectivity index (χ1v) is 18.0. The van der Waals surface area contributed by atoms with Crippen molar-refractivity contribution in [1.82, 2.24) is 4.90 Å². The van der Waals surface area contributed by atoms with Crippen molar-refractivity contribution in [2.45, 2.75) is 65.7 Å². The second-order valence-corrected chi connectivity index (χ2v) is 16.0. The highest BCUT2D eigenvalue weighted by molar-refractivity contribution is 8.01. The topological polar surface area (TPSA) is 127 Å². The SMILES string of the molecule is CC(C)N1C(=O)C2C3SC(C(OC(=O)C4CC5c6ccccc6C4c4ccccc45)C31)C2C(=O)Oc1c(F)c(F)c(S(=O)(=O)O)c(F)c1F. The molecule has 49 heavy (non-hydrogen) atoms. The number of ether oxygens (including phenoxy) is 2. The minimum absolute atomic E-state index is 0.0468. The van der Waals surface area contributed by atoms with Gasteiger partial charge in [0.05, 0.1) is 29.0 Å². The molecule has 7 unspecified atom stereocenters. The van der Waals surface area contributed by atoms with E-state index in [2.05, 4.69) is 12.1 Å². The van der Waals surface area contributed by atoms with E-state index in [-0.39, 0.29) is 17.9 Å². The van der Waals surface area contributed by atoms with Gasteiger partial charge in [-0.25, -0.2) is 8.78 Å². The second-order valence-electron chi connectivity index (χ2n) is 13.3. The van der Waals surface area contributed by atoms with Gasteiger partial charge in [-0.3, -0.25) is 18.9 Å². The van der Waals surface area contributed by atoms with Crippen LogP contribution in [0.25, 0.3) is 0 Å². The molecule has 0 saturated carbocycles. The number of thioether (sulfide) groups is 1. The van der Waals surface area contributed by atoms with Gasteiger partial charge in [0.1, 0.15) is 6.10 Å². The molecule has 3 aromatic carbocycles.